The third-order valence-corrected chi connectivity index (χ3v) is 5.97. The topological polar surface area (TPSA) is 94.3 Å². The van der Waals surface area contributed by atoms with E-state index in [-0.39, 0.29) is 29.6 Å². The lowest BCUT2D eigenvalue weighted by Gasteiger charge is -2.33. The summed E-state index contributed by atoms with van der Waals surface area (Å²) in [6, 6.07) is 6.70. The van der Waals surface area contributed by atoms with Crippen molar-refractivity contribution in [1.29, 1.82) is 0 Å². The van der Waals surface area contributed by atoms with Gasteiger partial charge in [0.25, 0.3) is 0 Å². The molecule has 2 atom stereocenters. The number of hydrogen-bond donors (Lipinski definition) is 3. The van der Waals surface area contributed by atoms with Crippen molar-refractivity contribution in [2.45, 2.75) is 67.0 Å². The van der Waals surface area contributed by atoms with Gasteiger partial charge in [0.1, 0.15) is 12.1 Å². The Labute approximate surface area is 209 Å². The van der Waals surface area contributed by atoms with Gasteiger partial charge in [-0.25, -0.2) is 0 Å². The first-order valence-corrected chi connectivity index (χ1v) is 12.2. The number of benzene rings is 1. The molecule has 0 aliphatic heterocycles. The maximum Gasteiger partial charge on any atom is 0.246 e. The van der Waals surface area contributed by atoms with Crippen LogP contribution in [0, 0.1) is 11.8 Å². The molecule has 35 heavy (non-hydrogen) atoms. The number of aromatic nitrogens is 1. The van der Waals surface area contributed by atoms with Crippen molar-refractivity contribution in [1.82, 2.24) is 20.5 Å². The number of H-pyrrole nitrogens is 1. The first-order valence-electron chi connectivity index (χ1n) is 12.2. The average molecular weight is 481 g/mol. The number of fused-ring (bicyclic) bond motifs is 1. The SMILES string of the molecule is CC(=O)NC(C(=O)N(C)C(C(=O)N/C=C\c1c(CC=C(C)C)[nH]c2ccccc12)C(C)C)C(C)C. The summed E-state index contributed by atoms with van der Waals surface area (Å²) >= 11 is 0. The van der Waals surface area contributed by atoms with Crippen molar-refractivity contribution in [2.75, 3.05) is 7.05 Å². The summed E-state index contributed by atoms with van der Waals surface area (Å²) < 4.78 is 0. The van der Waals surface area contributed by atoms with E-state index in [9.17, 15) is 14.4 Å². The monoisotopic (exact) mass is 480 g/mol. The van der Waals surface area contributed by atoms with Crippen molar-refractivity contribution in [2.24, 2.45) is 11.8 Å². The maximum absolute atomic E-state index is 13.2. The smallest absolute Gasteiger partial charge is 0.246 e. The number of para-hydroxylation sites is 1. The van der Waals surface area contributed by atoms with E-state index in [0.29, 0.717) is 0 Å². The Morgan fingerprint density at radius 1 is 1.03 bits per heavy atom. The summed E-state index contributed by atoms with van der Waals surface area (Å²) in [6.07, 6.45) is 6.47. The second-order valence-electron chi connectivity index (χ2n) is 9.95. The van der Waals surface area contributed by atoms with Crippen LogP contribution in [0.15, 0.2) is 42.1 Å². The molecule has 0 aliphatic rings. The molecule has 0 radical (unpaired) electrons. The van der Waals surface area contributed by atoms with Crippen LogP contribution in [0.4, 0.5) is 0 Å². The third-order valence-electron chi connectivity index (χ3n) is 5.97. The minimum absolute atomic E-state index is 0.106. The highest BCUT2D eigenvalue weighted by molar-refractivity contribution is 5.93. The molecule has 1 aromatic carbocycles. The van der Waals surface area contributed by atoms with E-state index in [0.717, 1.165) is 28.6 Å². The van der Waals surface area contributed by atoms with Crippen LogP contribution in [-0.4, -0.2) is 46.7 Å². The van der Waals surface area contributed by atoms with Crippen LogP contribution in [0.3, 0.4) is 0 Å². The molecule has 0 bridgehead atoms. The molecule has 0 fully saturated rings. The highest BCUT2D eigenvalue weighted by atomic mass is 16.2. The molecular weight excluding hydrogens is 440 g/mol. The Morgan fingerprint density at radius 3 is 2.26 bits per heavy atom. The largest absolute Gasteiger partial charge is 0.358 e. The molecule has 0 spiro atoms. The third kappa shape index (κ3) is 7.31. The van der Waals surface area contributed by atoms with Crippen LogP contribution in [0.25, 0.3) is 17.0 Å². The number of carbonyl (C=O) groups excluding carboxylic acids is 3. The molecule has 0 aliphatic carbocycles. The molecule has 3 amide bonds. The molecule has 3 N–H and O–H groups in total. The number of likely N-dealkylation sites (N-methyl/N-ethyl adjacent to an activating group) is 1. The van der Waals surface area contributed by atoms with Crippen LogP contribution in [0.2, 0.25) is 0 Å². The zero-order valence-corrected chi connectivity index (χ0v) is 22.2. The lowest BCUT2D eigenvalue weighted by Crippen LogP contribution is -2.56. The highest BCUT2D eigenvalue weighted by Gasteiger charge is 2.34. The Kier molecular flexibility index (Phi) is 9.87. The Balaban J connectivity index is 2.25. The minimum atomic E-state index is -0.689. The molecule has 7 nitrogen and oxygen atoms in total. The van der Waals surface area contributed by atoms with Gasteiger partial charge in [-0.05, 0) is 37.8 Å². The standard InChI is InChI=1S/C28H40N4O3/c1-17(2)13-14-24-22(21-11-9-10-12-23(21)31-24)15-16-29-27(34)26(19(5)6)32(8)28(35)25(18(3)4)30-20(7)33/h9-13,15-16,18-19,25-26,31H,14H2,1-8H3,(H,29,34)(H,30,33)/b16-15-. The molecule has 2 unspecified atom stereocenters. The Morgan fingerprint density at radius 2 is 1.69 bits per heavy atom. The quantitative estimate of drug-likeness (QED) is 0.440. The first-order chi connectivity index (χ1) is 16.4. The van der Waals surface area contributed by atoms with Crippen LogP contribution in [-0.2, 0) is 20.8 Å². The van der Waals surface area contributed by atoms with E-state index in [1.54, 1.807) is 13.2 Å². The minimum Gasteiger partial charge on any atom is -0.358 e. The molecule has 0 saturated carbocycles. The number of amides is 3. The van der Waals surface area contributed by atoms with Crippen LogP contribution >= 0.6 is 0 Å². The van der Waals surface area contributed by atoms with E-state index < -0.39 is 12.1 Å². The van der Waals surface area contributed by atoms with Gasteiger partial charge in [-0.15, -0.1) is 0 Å². The van der Waals surface area contributed by atoms with Crippen LogP contribution in [0.5, 0.6) is 0 Å². The summed E-state index contributed by atoms with van der Waals surface area (Å²) in [7, 11) is 1.62. The maximum atomic E-state index is 13.2. The molecule has 2 aromatic rings. The van der Waals surface area contributed by atoms with Gasteiger partial charge in [0.05, 0.1) is 0 Å². The van der Waals surface area contributed by atoms with E-state index in [1.807, 2.05) is 52.0 Å². The van der Waals surface area contributed by atoms with Gasteiger partial charge < -0.3 is 20.5 Å². The number of allylic oxidation sites excluding steroid dienone is 2. The summed E-state index contributed by atoms with van der Waals surface area (Å²) in [6.45, 7) is 13.1. The second kappa shape index (κ2) is 12.4. The van der Waals surface area contributed by atoms with Crippen molar-refractivity contribution in [3.8, 4) is 0 Å². The van der Waals surface area contributed by atoms with Crippen molar-refractivity contribution in [3.63, 3.8) is 0 Å². The molecule has 7 heteroatoms. The lowest BCUT2D eigenvalue weighted by atomic mass is 9.98. The molecule has 1 aromatic heterocycles. The Bertz CT molecular complexity index is 1110. The predicted octanol–water partition coefficient (Wildman–Crippen LogP) is 4.41. The van der Waals surface area contributed by atoms with E-state index in [1.165, 1.54) is 17.4 Å². The summed E-state index contributed by atoms with van der Waals surface area (Å²) in [5.41, 5.74) is 4.37. The Hall–Kier alpha value is -3.35. The molecule has 2 rings (SSSR count). The van der Waals surface area contributed by atoms with Gasteiger partial charge in [-0.1, -0.05) is 57.5 Å². The second-order valence-corrected chi connectivity index (χ2v) is 9.95. The van der Waals surface area contributed by atoms with E-state index >= 15 is 0 Å². The van der Waals surface area contributed by atoms with E-state index in [4.69, 9.17) is 0 Å². The molecule has 1 heterocycles. The summed E-state index contributed by atoms with van der Waals surface area (Å²) in [5, 5.41) is 6.67. The first kappa shape index (κ1) is 27.9. The van der Waals surface area contributed by atoms with Gasteiger partial charge >= 0.3 is 0 Å². The molecule has 190 valence electrons. The summed E-state index contributed by atoms with van der Waals surface area (Å²) in [5.74, 6) is -1.06. The van der Waals surface area contributed by atoms with Crippen LogP contribution in [0.1, 0.15) is 59.7 Å². The zero-order valence-electron chi connectivity index (χ0n) is 22.2. The number of hydrogen-bond acceptors (Lipinski definition) is 3. The van der Waals surface area contributed by atoms with Gasteiger partial charge in [0.15, 0.2) is 0 Å². The number of carbonyl (C=O) groups is 3. The van der Waals surface area contributed by atoms with Gasteiger partial charge in [-0.3, -0.25) is 14.4 Å². The van der Waals surface area contributed by atoms with Gasteiger partial charge in [0.2, 0.25) is 17.7 Å². The summed E-state index contributed by atoms with van der Waals surface area (Å²) in [4.78, 5) is 42.9. The van der Waals surface area contributed by atoms with E-state index in [2.05, 4.69) is 41.6 Å². The number of nitrogens with zero attached hydrogens (tertiary/aromatic N) is 1. The lowest BCUT2D eigenvalue weighted by molar-refractivity contribution is -0.143. The predicted molar refractivity (Wildman–Crippen MR) is 142 cm³/mol. The van der Waals surface area contributed by atoms with Gasteiger partial charge in [-0.2, -0.15) is 0 Å². The number of aromatic amines is 1. The fraction of sp³-hybridized carbons (Fsp3) is 0.464. The van der Waals surface area contributed by atoms with Crippen molar-refractivity contribution >= 4 is 34.7 Å². The fourth-order valence-corrected chi connectivity index (χ4v) is 4.18. The van der Waals surface area contributed by atoms with Crippen LogP contribution < -0.4 is 10.6 Å². The zero-order chi connectivity index (χ0) is 26.3. The average Bonchev–Trinajstić information content (AvgIpc) is 3.12. The van der Waals surface area contributed by atoms with Crippen molar-refractivity contribution in [3.05, 3.63) is 53.4 Å². The number of nitrogens with one attached hydrogen (secondary N) is 3. The molecular formula is C28H40N4O3. The van der Waals surface area contributed by atoms with Crippen molar-refractivity contribution < 1.29 is 14.4 Å². The number of rotatable bonds is 10. The highest BCUT2D eigenvalue weighted by Crippen LogP contribution is 2.24. The normalized spacial score (nSPS) is 13.2. The van der Waals surface area contributed by atoms with Gasteiger partial charge in [0, 0.05) is 48.8 Å². The molecule has 0 saturated heterocycles. The fourth-order valence-electron chi connectivity index (χ4n) is 4.18.